The summed E-state index contributed by atoms with van der Waals surface area (Å²) >= 11 is 5.04. The van der Waals surface area contributed by atoms with Crippen molar-refractivity contribution in [2.75, 3.05) is 18.5 Å². The molecule has 0 saturated carbocycles. The second-order valence-electron chi connectivity index (χ2n) is 5.25. The van der Waals surface area contributed by atoms with Crippen LogP contribution < -0.4 is 10.6 Å². The molecule has 0 radical (unpaired) electrons. The minimum Gasteiger partial charge on any atom is -0.393 e. The van der Waals surface area contributed by atoms with E-state index in [1.807, 2.05) is 18.0 Å². The van der Waals surface area contributed by atoms with Gasteiger partial charge in [-0.3, -0.25) is 0 Å². The Hall–Kier alpha value is -1.16. The molecule has 0 heterocycles. The maximum absolute atomic E-state index is 13.1. The predicted molar refractivity (Wildman–Crippen MR) is 79.5 cm³/mol. The summed E-state index contributed by atoms with van der Waals surface area (Å²) in [5, 5.41) is 0. The summed E-state index contributed by atoms with van der Waals surface area (Å²) in [5.74, 6) is -0.206. The molecule has 0 aliphatic carbocycles. The third-order valence-corrected chi connectivity index (χ3v) is 3.76. The molecule has 4 heteroatoms. The fraction of sp³-hybridized carbons (Fsp3) is 0.500. The molecule has 1 aromatic rings. The van der Waals surface area contributed by atoms with Crippen LogP contribution in [0.1, 0.15) is 26.7 Å². The lowest BCUT2D eigenvalue weighted by atomic mass is 9.88. The summed E-state index contributed by atoms with van der Waals surface area (Å²) < 4.78 is 13.1. The van der Waals surface area contributed by atoms with Crippen molar-refractivity contribution in [2.24, 2.45) is 11.1 Å². The van der Waals surface area contributed by atoms with Gasteiger partial charge in [-0.15, -0.1) is 0 Å². The standard InChI is InChI=1S/C14H21FN2S/c1-14(2,13(16)18)8-5-9-17(3)12-7-4-6-11(15)10-12/h4,6-7,10H,5,8-9H2,1-3H3,(H2,16,18). The zero-order valence-corrected chi connectivity index (χ0v) is 12.1. The van der Waals surface area contributed by atoms with Gasteiger partial charge in [0.2, 0.25) is 0 Å². The van der Waals surface area contributed by atoms with Crippen molar-refractivity contribution in [3.63, 3.8) is 0 Å². The third kappa shape index (κ3) is 4.26. The number of hydrogen-bond donors (Lipinski definition) is 1. The Labute approximate surface area is 114 Å². The lowest BCUT2D eigenvalue weighted by Gasteiger charge is -2.25. The van der Waals surface area contributed by atoms with Crippen LogP contribution in [0.5, 0.6) is 0 Å². The molecule has 0 unspecified atom stereocenters. The zero-order chi connectivity index (χ0) is 13.8. The number of nitrogens with zero attached hydrogens (tertiary/aromatic N) is 1. The Balaban J connectivity index is 2.47. The van der Waals surface area contributed by atoms with Crippen LogP contribution >= 0.6 is 12.2 Å². The highest BCUT2D eigenvalue weighted by molar-refractivity contribution is 7.80. The van der Waals surface area contributed by atoms with E-state index >= 15 is 0 Å². The highest BCUT2D eigenvalue weighted by Crippen LogP contribution is 2.23. The molecule has 0 amide bonds. The van der Waals surface area contributed by atoms with Gasteiger partial charge < -0.3 is 10.6 Å². The SMILES string of the molecule is CN(CCCC(C)(C)C(N)=S)c1cccc(F)c1. The summed E-state index contributed by atoms with van der Waals surface area (Å²) in [6, 6.07) is 6.62. The number of rotatable bonds is 6. The molecular formula is C14H21FN2S. The average Bonchev–Trinajstić information content (AvgIpc) is 2.28. The van der Waals surface area contributed by atoms with Crippen molar-refractivity contribution in [2.45, 2.75) is 26.7 Å². The van der Waals surface area contributed by atoms with E-state index in [1.165, 1.54) is 6.07 Å². The highest BCUT2D eigenvalue weighted by atomic mass is 32.1. The minimum absolute atomic E-state index is 0.113. The number of nitrogens with two attached hydrogens (primary N) is 1. The Morgan fingerprint density at radius 1 is 1.44 bits per heavy atom. The molecule has 1 aromatic carbocycles. The number of thiocarbonyl (C=S) groups is 1. The first-order chi connectivity index (χ1) is 8.33. The predicted octanol–water partition coefficient (Wildman–Crippen LogP) is 3.35. The lowest BCUT2D eigenvalue weighted by molar-refractivity contribution is 0.460. The Morgan fingerprint density at radius 2 is 2.11 bits per heavy atom. The molecule has 100 valence electrons. The maximum atomic E-state index is 13.1. The second-order valence-corrected chi connectivity index (χ2v) is 5.69. The van der Waals surface area contributed by atoms with Gasteiger partial charge in [-0.25, -0.2) is 4.39 Å². The topological polar surface area (TPSA) is 29.3 Å². The van der Waals surface area contributed by atoms with E-state index in [0.29, 0.717) is 4.99 Å². The van der Waals surface area contributed by atoms with Crippen LogP contribution in [0, 0.1) is 11.2 Å². The van der Waals surface area contributed by atoms with E-state index < -0.39 is 0 Å². The fourth-order valence-corrected chi connectivity index (χ4v) is 1.83. The lowest BCUT2D eigenvalue weighted by Crippen LogP contribution is -2.31. The van der Waals surface area contributed by atoms with Gasteiger partial charge in [-0.2, -0.15) is 0 Å². The molecule has 18 heavy (non-hydrogen) atoms. The van der Waals surface area contributed by atoms with E-state index in [0.717, 1.165) is 25.1 Å². The maximum Gasteiger partial charge on any atom is 0.125 e. The molecule has 0 saturated heterocycles. The van der Waals surface area contributed by atoms with Crippen LogP contribution in [0.15, 0.2) is 24.3 Å². The minimum atomic E-state index is -0.206. The van der Waals surface area contributed by atoms with Gasteiger partial charge in [0.1, 0.15) is 5.82 Å². The van der Waals surface area contributed by atoms with Gasteiger partial charge in [0, 0.05) is 24.7 Å². The van der Waals surface area contributed by atoms with Crippen molar-refractivity contribution >= 4 is 22.9 Å². The van der Waals surface area contributed by atoms with Crippen LogP contribution in [0.25, 0.3) is 0 Å². The molecule has 0 spiro atoms. The van der Waals surface area contributed by atoms with Gasteiger partial charge in [0.15, 0.2) is 0 Å². The van der Waals surface area contributed by atoms with E-state index in [4.69, 9.17) is 18.0 Å². The normalized spacial score (nSPS) is 11.3. The molecule has 0 aliphatic rings. The average molecular weight is 268 g/mol. The smallest absolute Gasteiger partial charge is 0.125 e. The van der Waals surface area contributed by atoms with Crippen molar-refractivity contribution in [3.8, 4) is 0 Å². The van der Waals surface area contributed by atoms with Gasteiger partial charge in [-0.1, -0.05) is 32.1 Å². The van der Waals surface area contributed by atoms with Crippen LogP contribution in [0.3, 0.4) is 0 Å². The summed E-state index contributed by atoms with van der Waals surface area (Å²) in [7, 11) is 1.96. The van der Waals surface area contributed by atoms with Crippen LogP contribution in [-0.4, -0.2) is 18.6 Å². The van der Waals surface area contributed by atoms with E-state index in [-0.39, 0.29) is 11.2 Å². The first-order valence-corrected chi connectivity index (χ1v) is 6.50. The first kappa shape index (κ1) is 14.9. The molecule has 0 atom stereocenters. The molecule has 0 fully saturated rings. The van der Waals surface area contributed by atoms with E-state index in [9.17, 15) is 4.39 Å². The number of benzene rings is 1. The highest BCUT2D eigenvalue weighted by Gasteiger charge is 2.20. The number of halogens is 1. The van der Waals surface area contributed by atoms with E-state index in [2.05, 4.69) is 13.8 Å². The Kier molecular flexibility index (Phi) is 5.08. The van der Waals surface area contributed by atoms with Gasteiger partial charge in [0.25, 0.3) is 0 Å². The molecule has 2 nitrogen and oxygen atoms in total. The monoisotopic (exact) mass is 268 g/mol. The van der Waals surface area contributed by atoms with Crippen LogP contribution in [0.2, 0.25) is 0 Å². The van der Waals surface area contributed by atoms with Gasteiger partial charge >= 0.3 is 0 Å². The molecular weight excluding hydrogens is 247 g/mol. The van der Waals surface area contributed by atoms with Crippen LogP contribution in [0.4, 0.5) is 10.1 Å². The zero-order valence-electron chi connectivity index (χ0n) is 11.2. The van der Waals surface area contributed by atoms with Gasteiger partial charge in [0.05, 0.1) is 4.99 Å². The molecule has 0 aliphatic heterocycles. The number of anilines is 1. The second kappa shape index (κ2) is 6.14. The largest absolute Gasteiger partial charge is 0.393 e. The van der Waals surface area contributed by atoms with Gasteiger partial charge in [-0.05, 0) is 31.0 Å². The molecule has 2 N–H and O–H groups in total. The van der Waals surface area contributed by atoms with E-state index in [1.54, 1.807) is 12.1 Å². The molecule has 1 rings (SSSR count). The van der Waals surface area contributed by atoms with Crippen molar-refractivity contribution in [1.82, 2.24) is 0 Å². The van der Waals surface area contributed by atoms with Crippen LogP contribution in [-0.2, 0) is 0 Å². The number of hydrogen-bond acceptors (Lipinski definition) is 2. The van der Waals surface area contributed by atoms with Crippen molar-refractivity contribution < 1.29 is 4.39 Å². The fourth-order valence-electron chi connectivity index (χ4n) is 1.72. The Bertz CT molecular complexity index is 418. The quantitative estimate of drug-likeness (QED) is 0.802. The summed E-state index contributed by atoms with van der Waals surface area (Å²) in [6.45, 7) is 4.96. The van der Waals surface area contributed by atoms with Crippen molar-refractivity contribution in [1.29, 1.82) is 0 Å². The Morgan fingerprint density at radius 3 is 2.67 bits per heavy atom. The summed E-state index contributed by atoms with van der Waals surface area (Å²) in [5.41, 5.74) is 6.47. The summed E-state index contributed by atoms with van der Waals surface area (Å²) in [4.78, 5) is 2.59. The first-order valence-electron chi connectivity index (χ1n) is 6.09. The molecule has 0 bridgehead atoms. The summed E-state index contributed by atoms with van der Waals surface area (Å²) in [6.07, 6.45) is 1.90. The third-order valence-electron chi connectivity index (χ3n) is 3.21. The molecule has 0 aromatic heterocycles. The van der Waals surface area contributed by atoms with Crippen molar-refractivity contribution in [3.05, 3.63) is 30.1 Å².